The van der Waals surface area contributed by atoms with Gasteiger partial charge in [-0.3, -0.25) is 4.79 Å². The smallest absolute Gasteiger partial charge is 0.319 e. The van der Waals surface area contributed by atoms with Crippen LogP contribution in [0.1, 0.15) is 38.1 Å². The van der Waals surface area contributed by atoms with Crippen LogP contribution in [0.5, 0.6) is 5.75 Å². The van der Waals surface area contributed by atoms with Crippen LogP contribution in [0, 0.1) is 11.7 Å². The first-order valence-electron chi connectivity index (χ1n) is 12.4. The molecule has 3 N–H and O–H groups in total. The summed E-state index contributed by atoms with van der Waals surface area (Å²) < 4.78 is 47.2. The van der Waals surface area contributed by atoms with Gasteiger partial charge in [0.05, 0.1) is 35.3 Å². The Morgan fingerprint density at radius 1 is 1.21 bits per heavy atom. The molecule has 0 aliphatic carbocycles. The first kappa shape index (κ1) is 29.3. The highest BCUT2D eigenvalue weighted by Crippen LogP contribution is 2.35. The molecule has 3 rings (SSSR count). The van der Waals surface area contributed by atoms with Crippen molar-refractivity contribution in [3.8, 4) is 5.75 Å². The number of urea groups is 1. The Kier molecular flexibility index (Phi) is 9.34. The number of hydrogen-bond donors (Lipinski definition) is 3. The Hall–Kier alpha value is -3.22. The van der Waals surface area contributed by atoms with E-state index in [0.29, 0.717) is 0 Å². The molecule has 38 heavy (non-hydrogen) atoms. The Morgan fingerprint density at radius 3 is 2.47 bits per heavy atom. The summed E-state index contributed by atoms with van der Waals surface area (Å²) in [5.74, 6) is -1.20. The quantitative estimate of drug-likeness (QED) is 0.464. The molecule has 12 heteroatoms. The molecule has 1 aliphatic rings. The van der Waals surface area contributed by atoms with Crippen molar-refractivity contribution in [3.63, 3.8) is 0 Å². The zero-order valence-corrected chi connectivity index (χ0v) is 23.0. The number of amides is 3. The predicted octanol–water partition coefficient (Wildman–Crippen LogP) is 2.90. The van der Waals surface area contributed by atoms with E-state index >= 15 is 0 Å². The van der Waals surface area contributed by atoms with Gasteiger partial charge in [-0.15, -0.1) is 0 Å². The van der Waals surface area contributed by atoms with Crippen LogP contribution >= 0.6 is 0 Å². The Balaban J connectivity index is 2.02. The Labute approximate surface area is 222 Å². The van der Waals surface area contributed by atoms with Crippen molar-refractivity contribution in [2.24, 2.45) is 5.92 Å². The number of nitrogens with zero attached hydrogens (tertiary/aromatic N) is 2. The number of sulfonamides is 1. The molecule has 0 bridgehead atoms. The van der Waals surface area contributed by atoms with Crippen molar-refractivity contribution in [2.45, 2.75) is 50.8 Å². The fourth-order valence-electron chi connectivity index (χ4n) is 4.12. The number of likely N-dealkylation sites (N-methyl/N-ethyl adjacent to an activating group) is 1. The number of carbonyl (C=O) groups is 2. The summed E-state index contributed by atoms with van der Waals surface area (Å²) in [7, 11) is -2.58. The molecule has 0 saturated heterocycles. The monoisotopic (exact) mass is 550 g/mol. The molecule has 0 spiro atoms. The number of rotatable bonds is 8. The van der Waals surface area contributed by atoms with E-state index in [-0.39, 0.29) is 59.5 Å². The first-order chi connectivity index (χ1) is 17.8. The summed E-state index contributed by atoms with van der Waals surface area (Å²) in [5.41, 5.74) is 0.419. The number of ether oxygens (including phenoxy) is 1. The maximum absolute atomic E-state index is 13.5. The van der Waals surface area contributed by atoms with E-state index < -0.39 is 34.0 Å². The molecule has 0 unspecified atom stereocenters. The molecule has 0 fully saturated rings. The van der Waals surface area contributed by atoms with Crippen LogP contribution in [0.25, 0.3) is 0 Å². The summed E-state index contributed by atoms with van der Waals surface area (Å²) in [6.45, 7) is 6.97. The van der Waals surface area contributed by atoms with Crippen LogP contribution in [-0.4, -0.2) is 79.6 Å². The number of nitrogens with one attached hydrogen (secondary N) is 2. The van der Waals surface area contributed by atoms with Crippen molar-refractivity contribution in [2.75, 3.05) is 32.1 Å². The third-order valence-corrected chi connectivity index (χ3v) is 8.16. The molecule has 2 aromatic carbocycles. The number of carbonyl (C=O) groups excluding carboxylic acids is 2. The molecule has 3 atom stereocenters. The number of benzene rings is 2. The fraction of sp³-hybridized carbons (Fsp3) is 0.462. The molecule has 208 valence electrons. The van der Waals surface area contributed by atoms with Gasteiger partial charge in [0.25, 0.3) is 5.91 Å². The highest BCUT2D eigenvalue weighted by atomic mass is 32.2. The standard InChI is InChI=1S/C26H35FN4O6S/c1-16(2)28-26(34)29-22-8-6-7-21-24(22)37-23(17(3)13-31(25(21)33)18(4)15-32)14-30(5)38(35,36)20-11-9-19(27)10-12-20/h6-12,16-18,23,32H,13-15H2,1-5H3,(H2,28,29,34)/t17-,18-,23+/m0/s1. The second kappa shape index (κ2) is 12.1. The summed E-state index contributed by atoms with van der Waals surface area (Å²) in [6, 6.07) is 8.15. The lowest BCUT2D eigenvalue weighted by atomic mass is 9.99. The molecule has 1 aliphatic heterocycles. The molecule has 0 saturated carbocycles. The van der Waals surface area contributed by atoms with Gasteiger partial charge in [-0.1, -0.05) is 13.0 Å². The number of hydrogen-bond acceptors (Lipinski definition) is 6. The average Bonchev–Trinajstić information content (AvgIpc) is 2.85. The minimum absolute atomic E-state index is 0.0706. The summed E-state index contributed by atoms with van der Waals surface area (Å²) in [5, 5.41) is 15.3. The molecule has 0 aromatic heterocycles. The van der Waals surface area contributed by atoms with Crippen molar-refractivity contribution < 1.29 is 32.2 Å². The minimum atomic E-state index is -3.98. The van der Waals surface area contributed by atoms with E-state index in [2.05, 4.69) is 10.6 Å². The maximum atomic E-state index is 13.5. The fourth-order valence-corrected chi connectivity index (χ4v) is 5.30. The molecule has 3 amide bonds. The topological polar surface area (TPSA) is 128 Å². The van der Waals surface area contributed by atoms with Crippen molar-refractivity contribution in [1.82, 2.24) is 14.5 Å². The van der Waals surface area contributed by atoms with E-state index in [1.165, 1.54) is 24.1 Å². The van der Waals surface area contributed by atoms with Crippen LogP contribution < -0.4 is 15.4 Å². The average molecular weight is 551 g/mol. The molecule has 2 aromatic rings. The number of aliphatic hydroxyl groups is 1. The third-order valence-electron chi connectivity index (χ3n) is 6.32. The Bertz CT molecular complexity index is 1250. The highest BCUT2D eigenvalue weighted by Gasteiger charge is 2.36. The van der Waals surface area contributed by atoms with Crippen molar-refractivity contribution >= 4 is 27.6 Å². The number of halogens is 1. The van der Waals surface area contributed by atoms with E-state index in [4.69, 9.17) is 4.74 Å². The minimum Gasteiger partial charge on any atom is -0.486 e. The van der Waals surface area contributed by atoms with E-state index in [9.17, 15) is 27.5 Å². The van der Waals surface area contributed by atoms with E-state index in [1.807, 2.05) is 6.92 Å². The second-order valence-electron chi connectivity index (χ2n) is 9.80. The van der Waals surface area contributed by atoms with Gasteiger partial charge in [0.2, 0.25) is 10.0 Å². The van der Waals surface area contributed by atoms with E-state index in [0.717, 1.165) is 16.4 Å². The van der Waals surface area contributed by atoms with Crippen LogP contribution in [0.2, 0.25) is 0 Å². The van der Waals surface area contributed by atoms with Crippen molar-refractivity contribution in [3.05, 3.63) is 53.8 Å². The predicted molar refractivity (Wildman–Crippen MR) is 141 cm³/mol. The largest absolute Gasteiger partial charge is 0.486 e. The third kappa shape index (κ3) is 6.61. The molecule has 1 heterocycles. The summed E-state index contributed by atoms with van der Waals surface area (Å²) in [4.78, 5) is 27.4. The number of aliphatic hydroxyl groups excluding tert-OH is 1. The first-order valence-corrected chi connectivity index (χ1v) is 13.8. The molecular weight excluding hydrogens is 515 g/mol. The lowest BCUT2D eigenvalue weighted by Crippen LogP contribution is -2.50. The maximum Gasteiger partial charge on any atom is 0.319 e. The molecular formula is C26H35FN4O6S. The second-order valence-corrected chi connectivity index (χ2v) is 11.8. The van der Waals surface area contributed by atoms with Gasteiger partial charge in [0.1, 0.15) is 11.9 Å². The SMILES string of the molecule is CC(C)NC(=O)Nc1cccc2c1O[C@H](CN(C)S(=O)(=O)c1ccc(F)cc1)[C@@H](C)CN([C@@H](C)CO)C2=O. The van der Waals surface area contributed by atoms with Gasteiger partial charge in [-0.2, -0.15) is 4.31 Å². The molecule has 0 radical (unpaired) electrons. The number of fused-ring (bicyclic) bond motifs is 1. The van der Waals surface area contributed by atoms with Crippen LogP contribution in [0.4, 0.5) is 14.9 Å². The Morgan fingerprint density at radius 2 is 1.87 bits per heavy atom. The summed E-state index contributed by atoms with van der Waals surface area (Å²) >= 11 is 0. The highest BCUT2D eigenvalue weighted by molar-refractivity contribution is 7.89. The lowest BCUT2D eigenvalue weighted by Gasteiger charge is -2.38. The number of para-hydroxylation sites is 1. The summed E-state index contributed by atoms with van der Waals surface area (Å²) in [6.07, 6.45) is -0.744. The van der Waals surface area contributed by atoms with Crippen molar-refractivity contribution in [1.29, 1.82) is 0 Å². The molecule has 10 nitrogen and oxygen atoms in total. The number of anilines is 1. The zero-order valence-electron chi connectivity index (χ0n) is 22.1. The van der Waals surface area contributed by atoms with Gasteiger partial charge in [0, 0.05) is 25.6 Å². The lowest BCUT2D eigenvalue weighted by molar-refractivity contribution is 0.0389. The van der Waals surface area contributed by atoms with E-state index in [1.54, 1.807) is 39.0 Å². The van der Waals surface area contributed by atoms with Crippen LogP contribution in [0.3, 0.4) is 0 Å². The van der Waals surface area contributed by atoms with Crippen LogP contribution in [-0.2, 0) is 10.0 Å². The van der Waals surface area contributed by atoms with Gasteiger partial charge >= 0.3 is 6.03 Å². The van der Waals surface area contributed by atoms with Crippen LogP contribution in [0.15, 0.2) is 47.4 Å². The van der Waals surface area contributed by atoms with Gasteiger partial charge in [-0.25, -0.2) is 17.6 Å². The van der Waals surface area contributed by atoms with Gasteiger partial charge in [0.15, 0.2) is 5.75 Å². The normalized spacial score (nSPS) is 18.9. The zero-order chi connectivity index (χ0) is 28.2. The van der Waals surface area contributed by atoms with Gasteiger partial charge < -0.3 is 25.4 Å². The van der Waals surface area contributed by atoms with Gasteiger partial charge in [-0.05, 0) is 57.2 Å².